The van der Waals surface area contributed by atoms with Crippen LogP contribution >= 0.6 is 11.3 Å². The number of methoxy groups -OCH3 is 2. The van der Waals surface area contributed by atoms with Gasteiger partial charge in [0.1, 0.15) is 18.8 Å². The number of hydrogen-bond acceptors (Lipinski definition) is 7. The molecule has 2 aliphatic rings. The lowest BCUT2D eigenvalue weighted by atomic mass is 10.2. The minimum Gasteiger partial charge on any atom is -0.480 e. The largest absolute Gasteiger partial charge is 0.480 e. The molecular weight excluding hydrogens is 494 g/mol. The second kappa shape index (κ2) is 21.9. The first-order valence-electron chi connectivity index (χ1n) is 12.1. The van der Waals surface area contributed by atoms with Crippen molar-refractivity contribution in [2.24, 2.45) is 5.92 Å². The molecule has 3 N–H and O–H groups in total. The fourth-order valence-electron chi connectivity index (χ4n) is 2.88. The first-order valence-corrected chi connectivity index (χ1v) is 13.0. The van der Waals surface area contributed by atoms with Crippen LogP contribution in [0.1, 0.15) is 53.0 Å². The Hall–Kier alpha value is -3.29. The van der Waals surface area contributed by atoms with Crippen molar-refractivity contribution in [2.75, 3.05) is 27.3 Å². The van der Waals surface area contributed by atoms with E-state index in [2.05, 4.69) is 71.9 Å². The lowest BCUT2D eigenvalue weighted by molar-refractivity contribution is -0.147. The third-order valence-electron chi connectivity index (χ3n) is 4.36. The van der Waals surface area contributed by atoms with E-state index in [1.807, 2.05) is 26.0 Å². The average molecular weight is 538 g/mol. The molecule has 0 aromatic carbocycles. The molecule has 9 nitrogen and oxygen atoms in total. The average Bonchev–Trinajstić information content (AvgIpc) is 3.62. The van der Waals surface area contributed by atoms with Crippen LogP contribution in [0.2, 0.25) is 0 Å². The Morgan fingerprint density at radius 1 is 1.24 bits per heavy atom. The van der Waals surface area contributed by atoms with Crippen molar-refractivity contribution in [3.63, 3.8) is 0 Å². The number of amides is 2. The third kappa shape index (κ3) is 15.4. The normalized spacial score (nSPS) is 16.9. The van der Waals surface area contributed by atoms with Crippen molar-refractivity contribution in [3.05, 3.63) is 40.6 Å². The van der Waals surface area contributed by atoms with Crippen molar-refractivity contribution in [1.82, 2.24) is 15.5 Å². The molecule has 2 aliphatic heterocycles. The van der Waals surface area contributed by atoms with Crippen LogP contribution in [0.15, 0.2) is 35.1 Å². The number of carboxylic acids is 1. The van der Waals surface area contributed by atoms with Gasteiger partial charge >= 0.3 is 12.1 Å². The summed E-state index contributed by atoms with van der Waals surface area (Å²) in [6.07, 6.45) is 14.5. The molecule has 208 valence electrons. The molecule has 1 aromatic heterocycles. The monoisotopic (exact) mass is 537 g/mol. The van der Waals surface area contributed by atoms with Crippen LogP contribution in [0.3, 0.4) is 0 Å². The number of nitrogens with one attached hydrogen (secondary N) is 2. The number of aliphatic carboxylic acids is 1. The molecule has 3 rings (SSSR count). The Bertz CT molecular complexity index is 847. The molecule has 1 aromatic rings. The van der Waals surface area contributed by atoms with Gasteiger partial charge in [-0.3, -0.25) is 4.79 Å². The summed E-state index contributed by atoms with van der Waals surface area (Å²) in [4.78, 5) is 34.4. The lowest BCUT2D eigenvalue weighted by Gasteiger charge is -2.21. The Labute approximate surface area is 225 Å². The standard InChI is InChI=1S/C10H11NOS.C9H14N2O5.C4H10.C2H6.C2H2/c1-12-10-4-2-3-9(11-10)8-5-6-13-7-8;1-16-9(15)10-5-7(12)11-4-2-3-6(11)8(13)14;1-4(2)3;2*1-2/h2-7,10-11H,1H3;6H,2-5H2,1H3,(H,10,15)(H,13,14);4H,1-3H3;1-2H3;1-2H/t;6-;;;/m.0.../s1. The number of hydrogen-bond donors (Lipinski definition) is 3. The number of carbonyl (C=O) groups is 3. The number of carboxylic acid groups (broad SMARTS) is 1. The summed E-state index contributed by atoms with van der Waals surface area (Å²) in [5, 5.41) is 18.5. The zero-order chi connectivity index (χ0) is 28.8. The highest BCUT2D eigenvalue weighted by Gasteiger charge is 2.33. The molecule has 1 fully saturated rings. The quantitative estimate of drug-likeness (QED) is 0.471. The lowest BCUT2D eigenvalue weighted by Crippen LogP contribution is -2.45. The Morgan fingerprint density at radius 3 is 2.35 bits per heavy atom. The van der Waals surface area contributed by atoms with Crippen LogP contribution < -0.4 is 10.6 Å². The van der Waals surface area contributed by atoms with Crippen molar-refractivity contribution in [1.29, 1.82) is 0 Å². The van der Waals surface area contributed by atoms with E-state index in [4.69, 9.17) is 9.84 Å². The van der Waals surface area contributed by atoms with E-state index in [1.54, 1.807) is 18.4 Å². The fraction of sp³-hybridized carbons (Fsp3) is 0.519. The Kier molecular flexibility index (Phi) is 21.3. The van der Waals surface area contributed by atoms with Gasteiger partial charge < -0.3 is 30.1 Å². The number of ether oxygens (including phenoxy) is 2. The summed E-state index contributed by atoms with van der Waals surface area (Å²) in [6, 6.07) is 1.32. The topological polar surface area (TPSA) is 117 Å². The van der Waals surface area contributed by atoms with Gasteiger partial charge in [-0.15, -0.1) is 12.8 Å². The number of dihydropyridines is 1. The molecule has 3 heterocycles. The van der Waals surface area contributed by atoms with E-state index >= 15 is 0 Å². The van der Waals surface area contributed by atoms with Gasteiger partial charge in [0.05, 0.1) is 7.11 Å². The van der Waals surface area contributed by atoms with Gasteiger partial charge in [0.2, 0.25) is 5.91 Å². The van der Waals surface area contributed by atoms with Gasteiger partial charge in [-0.1, -0.05) is 40.7 Å². The van der Waals surface area contributed by atoms with E-state index in [1.165, 1.54) is 17.6 Å². The maximum atomic E-state index is 11.6. The van der Waals surface area contributed by atoms with Crippen LogP contribution in [0, 0.1) is 18.8 Å². The molecule has 2 amide bonds. The summed E-state index contributed by atoms with van der Waals surface area (Å²) in [5.74, 6) is -0.584. The summed E-state index contributed by atoms with van der Waals surface area (Å²) < 4.78 is 9.48. The first kappa shape index (κ1) is 35.9. The SMILES string of the molecule is C#C.CC.CC(C)C.COC(=O)NCC(=O)N1CCC[C@H]1C(=O)O.COC1C=CC=C(c2ccsc2)N1. The van der Waals surface area contributed by atoms with E-state index in [0.717, 1.165) is 11.6 Å². The number of rotatable bonds is 5. The second-order valence-corrected chi connectivity index (χ2v) is 8.72. The highest BCUT2D eigenvalue weighted by atomic mass is 32.1. The second-order valence-electron chi connectivity index (χ2n) is 7.94. The summed E-state index contributed by atoms with van der Waals surface area (Å²) in [6.45, 7) is 10.7. The van der Waals surface area contributed by atoms with Gasteiger partial charge in [0.15, 0.2) is 0 Å². The van der Waals surface area contributed by atoms with Gasteiger partial charge in [-0.05, 0) is 42.4 Å². The zero-order valence-electron chi connectivity index (χ0n) is 23.0. The van der Waals surface area contributed by atoms with Gasteiger partial charge in [0.25, 0.3) is 0 Å². The van der Waals surface area contributed by atoms with Crippen molar-refractivity contribution in [2.45, 2.75) is 59.7 Å². The molecule has 10 heteroatoms. The van der Waals surface area contributed by atoms with Crippen LogP contribution in [0.5, 0.6) is 0 Å². The summed E-state index contributed by atoms with van der Waals surface area (Å²) in [5.41, 5.74) is 2.34. The van der Waals surface area contributed by atoms with E-state index in [-0.39, 0.29) is 12.8 Å². The van der Waals surface area contributed by atoms with E-state index in [9.17, 15) is 14.4 Å². The molecule has 0 spiro atoms. The minimum atomic E-state index is -1.01. The van der Waals surface area contributed by atoms with Gasteiger partial charge in [-0.25, -0.2) is 9.59 Å². The Balaban J connectivity index is 0. The number of likely N-dealkylation sites (tertiary alicyclic amines) is 1. The number of carbonyl (C=O) groups excluding carboxylic acids is 2. The third-order valence-corrected chi connectivity index (χ3v) is 5.04. The van der Waals surface area contributed by atoms with Crippen LogP contribution in [-0.2, 0) is 19.1 Å². The van der Waals surface area contributed by atoms with Crippen molar-refractivity contribution in [3.8, 4) is 12.8 Å². The fourth-order valence-corrected chi connectivity index (χ4v) is 3.54. The van der Waals surface area contributed by atoms with E-state index in [0.29, 0.717) is 19.4 Å². The molecular formula is C27H43N3O6S. The van der Waals surface area contributed by atoms with Gasteiger partial charge in [-0.2, -0.15) is 11.3 Å². The zero-order valence-corrected chi connectivity index (χ0v) is 23.8. The molecule has 1 unspecified atom stereocenters. The maximum Gasteiger partial charge on any atom is 0.407 e. The first-order chi connectivity index (χ1) is 17.7. The molecule has 2 atom stereocenters. The van der Waals surface area contributed by atoms with Crippen LogP contribution in [0.4, 0.5) is 4.79 Å². The molecule has 0 aliphatic carbocycles. The molecule has 0 saturated carbocycles. The van der Waals surface area contributed by atoms with Crippen LogP contribution in [-0.4, -0.2) is 67.6 Å². The number of nitrogens with zero attached hydrogens (tertiary/aromatic N) is 1. The van der Waals surface area contributed by atoms with Crippen molar-refractivity contribution >= 4 is 35.0 Å². The smallest absolute Gasteiger partial charge is 0.407 e. The molecule has 37 heavy (non-hydrogen) atoms. The van der Waals surface area contributed by atoms with Crippen LogP contribution in [0.25, 0.3) is 5.70 Å². The van der Waals surface area contributed by atoms with Crippen molar-refractivity contribution < 1.29 is 29.0 Å². The predicted octanol–water partition coefficient (Wildman–Crippen LogP) is 4.58. The number of terminal acetylenes is 1. The Morgan fingerprint density at radius 2 is 1.86 bits per heavy atom. The van der Waals surface area contributed by atoms with E-state index < -0.39 is 24.0 Å². The molecule has 0 radical (unpaired) electrons. The van der Waals surface area contributed by atoms with Gasteiger partial charge in [0, 0.05) is 30.3 Å². The summed E-state index contributed by atoms with van der Waals surface area (Å²) >= 11 is 1.70. The maximum absolute atomic E-state index is 11.6. The minimum absolute atomic E-state index is 0.0000926. The number of thiophene rings is 1. The molecule has 1 saturated heterocycles. The highest BCUT2D eigenvalue weighted by Crippen LogP contribution is 2.18. The number of allylic oxidation sites excluding steroid dienone is 2. The highest BCUT2D eigenvalue weighted by molar-refractivity contribution is 7.08. The molecule has 0 bridgehead atoms. The summed E-state index contributed by atoms with van der Waals surface area (Å²) in [7, 11) is 2.88. The predicted molar refractivity (Wildman–Crippen MR) is 150 cm³/mol. The number of alkyl carbamates (subject to hydrolysis) is 1.